The van der Waals surface area contributed by atoms with Crippen molar-refractivity contribution in [1.82, 2.24) is 0 Å². The normalized spacial score (nSPS) is 11.6. The Bertz CT molecular complexity index is 4470. The summed E-state index contributed by atoms with van der Waals surface area (Å²) in [6, 6.07) is 38.0. The quantitative estimate of drug-likeness (QED) is 0.0138. The van der Waals surface area contributed by atoms with Crippen LogP contribution in [0, 0.1) is 0 Å². The molecule has 0 amide bonds. The molecule has 0 aliphatic carbocycles. The first-order valence-corrected chi connectivity index (χ1v) is 37.9. The van der Waals surface area contributed by atoms with E-state index in [-0.39, 0.29) is 35.7 Å². The van der Waals surface area contributed by atoms with Crippen LogP contribution in [0.25, 0.3) is 66.1 Å². The Labute approximate surface area is 596 Å². The van der Waals surface area contributed by atoms with Crippen molar-refractivity contribution < 1.29 is 14.2 Å². The highest BCUT2D eigenvalue weighted by Gasteiger charge is 2.29. The fourth-order valence-corrected chi connectivity index (χ4v) is 13.9. The molecule has 0 aliphatic heterocycles. The summed E-state index contributed by atoms with van der Waals surface area (Å²) in [5.74, 6) is 2.05. The molecule has 0 fully saturated rings. The maximum absolute atomic E-state index is 14.5. The Morgan fingerprint density at radius 3 is 1.06 bits per heavy atom. The summed E-state index contributed by atoms with van der Waals surface area (Å²) in [6.07, 6.45) is 20.3. The van der Waals surface area contributed by atoms with Gasteiger partial charge in [0.2, 0.25) is 10.9 Å². The second-order valence-corrected chi connectivity index (χ2v) is 27.2. The predicted molar refractivity (Wildman–Crippen MR) is 422 cm³/mol. The van der Waals surface area contributed by atoms with E-state index in [4.69, 9.17) is 14.2 Å². The average molecular weight is 1360 g/mol. The van der Waals surface area contributed by atoms with Gasteiger partial charge in [-0.15, -0.1) is 0 Å². The van der Waals surface area contributed by atoms with Gasteiger partial charge < -0.3 is 40.8 Å². The van der Waals surface area contributed by atoms with Crippen LogP contribution in [0.4, 0.5) is 28.4 Å². The molecule has 5 N–H and O–H groups in total. The lowest BCUT2D eigenvalue weighted by Crippen LogP contribution is -2.37. The molecule has 532 valence electrons. The molecular formula is C87H105N5O9. The number of aryl methyl sites for hydroxylation is 3. The van der Waals surface area contributed by atoms with Crippen LogP contribution in [0.3, 0.4) is 0 Å². The molecule has 101 heavy (non-hydrogen) atoms. The second kappa shape index (κ2) is 36.3. The smallest absolute Gasteiger partial charge is 0.253 e. The number of rotatable bonds is 44. The Balaban J connectivity index is 1.12. The third kappa shape index (κ3) is 17.4. The first-order chi connectivity index (χ1) is 49.3. The fraction of sp³-hybridized carbons (Fsp3) is 0.425. The Hall–Kier alpha value is -9.30. The summed E-state index contributed by atoms with van der Waals surface area (Å²) < 4.78 is 20.2. The molecule has 10 rings (SSSR count). The fourth-order valence-electron chi connectivity index (χ4n) is 13.9. The number of unbranched alkanes of at least 4 members (excludes halogenated alkanes) is 13. The van der Waals surface area contributed by atoms with E-state index in [0.717, 1.165) is 177 Å². The Kier molecular flexibility index (Phi) is 26.8. The van der Waals surface area contributed by atoms with Crippen LogP contribution in [-0.2, 0) is 38.9 Å². The molecule has 0 aromatic heterocycles. The van der Waals surface area contributed by atoms with Gasteiger partial charge in [0.05, 0.1) is 31.1 Å². The van der Waals surface area contributed by atoms with Crippen molar-refractivity contribution in [1.29, 1.82) is 0 Å². The highest BCUT2D eigenvalue weighted by atomic mass is 16.5. The van der Waals surface area contributed by atoms with Crippen molar-refractivity contribution in [2.75, 3.05) is 59.5 Å². The van der Waals surface area contributed by atoms with Gasteiger partial charge in [0.1, 0.15) is 40.0 Å². The number of fused-ring (bicyclic) bond motifs is 2. The van der Waals surface area contributed by atoms with Crippen LogP contribution in [0.2, 0.25) is 0 Å². The maximum atomic E-state index is 14.5. The van der Waals surface area contributed by atoms with Crippen LogP contribution in [0.1, 0.15) is 204 Å². The first-order valence-electron chi connectivity index (χ1n) is 37.9. The van der Waals surface area contributed by atoms with E-state index in [0.29, 0.717) is 81.4 Å². The SMILES string of the molecule is CCCCCCCCNc1c(NCc2cc(-c3cc(-c4cc(CC)c(OCCCC)c(CNc5c(NCCCCCCCC)c(=O)c5=O)c4)cc(-c4cc(CC)c(OCCCC)c(-c5c(NCc6c7ccccc7cc7ccccc67)c(=O)c5=O)c4)c3)cc(CC)c2OCCCC)c(=O)c1=O. The van der Waals surface area contributed by atoms with Gasteiger partial charge >= 0.3 is 0 Å². The van der Waals surface area contributed by atoms with Gasteiger partial charge in [-0.05, 0) is 189 Å². The molecule has 0 saturated carbocycles. The minimum absolute atomic E-state index is 0.208. The van der Waals surface area contributed by atoms with Gasteiger partial charge in [-0.25, -0.2) is 0 Å². The molecule has 0 spiro atoms. The topological polar surface area (TPSA) is 190 Å². The van der Waals surface area contributed by atoms with E-state index in [9.17, 15) is 28.8 Å². The highest BCUT2D eigenvalue weighted by molar-refractivity contribution is 6.03. The van der Waals surface area contributed by atoms with Gasteiger partial charge in [0, 0.05) is 49.4 Å². The van der Waals surface area contributed by atoms with Gasteiger partial charge in [-0.3, -0.25) is 28.8 Å². The number of benzene rings is 7. The van der Waals surface area contributed by atoms with E-state index in [1.807, 2.05) is 30.3 Å². The first kappa shape index (κ1) is 74.4. The largest absolute Gasteiger partial charge is 0.493 e. The van der Waals surface area contributed by atoms with Crippen molar-refractivity contribution in [3.8, 4) is 61.8 Å². The Morgan fingerprint density at radius 1 is 0.297 bits per heavy atom. The molecule has 0 bridgehead atoms. The lowest BCUT2D eigenvalue weighted by Gasteiger charge is -2.22. The molecule has 0 atom stereocenters. The van der Waals surface area contributed by atoms with Crippen LogP contribution < -0.4 is 73.4 Å². The summed E-state index contributed by atoms with van der Waals surface area (Å²) in [5, 5.41) is 21.2. The molecule has 0 unspecified atom stereocenters. The third-order valence-electron chi connectivity index (χ3n) is 19.9. The zero-order chi connectivity index (χ0) is 71.4. The minimum atomic E-state index is -0.581. The summed E-state index contributed by atoms with van der Waals surface area (Å²) in [4.78, 5) is 82.0. The van der Waals surface area contributed by atoms with E-state index in [1.165, 1.54) is 38.5 Å². The summed E-state index contributed by atoms with van der Waals surface area (Å²) in [5.41, 5.74) is 9.69. The van der Waals surface area contributed by atoms with Gasteiger partial charge in [0.15, 0.2) is 0 Å². The van der Waals surface area contributed by atoms with E-state index < -0.39 is 32.6 Å². The van der Waals surface area contributed by atoms with Crippen molar-refractivity contribution in [3.05, 3.63) is 204 Å². The summed E-state index contributed by atoms with van der Waals surface area (Å²) >= 11 is 0. The van der Waals surface area contributed by atoms with Crippen LogP contribution >= 0.6 is 0 Å². The maximum Gasteiger partial charge on any atom is 0.253 e. The number of nitrogens with one attached hydrogen (secondary N) is 5. The number of hydrogen-bond acceptors (Lipinski definition) is 14. The van der Waals surface area contributed by atoms with E-state index in [2.05, 4.69) is 161 Å². The van der Waals surface area contributed by atoms with Crippen molar-refractivity contribution >= 4 is 50.0 Å². The molecule has 10 aromatic carbocycles. The van der Waals surface area contributed by atoms with Crippen LogP contribution in [0.5, 0.6) is 17.2 Å². The number of anilines is 5. The summed E-state index contributed by atoms with van der Waals surface area (Å²) in [6.45, 7) is 20.4. The van der Waals surface area contributed by atoms with Crippen LogP contribution in [0.15, 0.2) is 138 Å². The van der Waals surface area contributed by atoms with Crippen molar-refractivity contribution in [2.45, 2.75) is 210 Å². The zero-order valence-corrected chi connectivity index (χ0v) is 61.1. The molecule has 10 aromatic rings. The predicted octanol–water partition coefficient (Wildman–Crippen LogP) is 19.1. The monoisotopic (exact) mass is 1360 g/mol. The van der Waals surface area contributed by atoms with Gasteiger partial charge in [-0.2, -0.15) is 0 Å². The lowest BCUT2D eigenvalue weighted by atomic mass is 9.87. The van der Waals surface area contributed by atoms with E-state index >= 15 is 0 Å². The average Bonchev–Trinajstić information content (AvgIpc) is 0.737. The minimum Gasteiger partial charge on any atom is -0.493 e. The molecular weight excluding hydrogens is 1260 g/mol. The lowest BCUT2D eigenvalue weighted by molar-refractivity contribution is 0.303. The summed E-state index contributed by atoms with van der Waals surface area (Å²) in [7, 11) is 0. The number of hydrogen-bond donors (Lipinski definition) is 5. The molecule has 0 radical (unpaired) electrons. The molecule has 0 aliphatic rings. The number of ether oxygens (including phenoxy) is 3. The molecule has 0 heterocycles. The zero-order valence-electron chi connectivity index (χ0n) is 61.1. The van der Waals surface area contributed by atoms with E-state index in [1.54, 1.807) is 0 Å². The van der Waals surface area contributed by atoms with Crippen molar-refractivity contribution in [3.63, 3.8) is 0 Å². The van der Waals surface area contributed by atoms with Crippen molar-refractivity contribution in [2.24, 2.45) is 0 Å². The van der Waals surface area contributed by atoms with Gasteiger partial charge in [-0.1, -0.05) is 187 Å². The third-order valence-corrected chi connectivity index (χ3v) is 19.9. The highest BCUT2D eigenvalue weighted by Crippen LogP contribution is 2.44. The standard InChI is InChI=1S/C87H105N5O9/c1-9-17-22-24-26-32-38-88-75-77(83(97)81(75)95)90-53-67-50-61(43-56(14-6)85(67)99-40-19-11-3)63-47-64(62-44-57(15-7)86(100-41-20-12-4)68(51-62)54-91-78-76(82(96)84(78)98)89-39-33-27-25-23-18-10-2)49-65(48-63)66-45-58(16-8)87(101-42-21-13-5)71(52-66)73-74(80(94)79(73)93)92-55-72-69-36-30-28-34-59(69)46-60-35-29-31-37-70(60)72/h28-31,34-37,43-52,88-92H,9-27,32-33,38-42,53-55H2,1-8H3. The second-order valence-electron chi connectivity index (χ2n) is 27.2. The molecule has 14 heteroatoms. The van der Waals surface area contributed by atoms with Crippen LogP contribution in [-0.4, -0.2) is 32.9 Å². The molecule has 0 saturated heterocycles. The van der Waals surface area contributed by atoms with Gasteiger partial charge in [0.25, 0.3) is 21.7 Å². The Morgan fingerprint density at radius 2 is 0.634 bits per heavy atom. The molecule has 14 nitrogen and oxygen atoms in total.